The van der Waals surface area contributed by atoms with E-state index in [0.29, 0.717) is 13.2 Å². The molecule has 0 atom stereocenters. The number of fused-ring (bicyclic) bond motifs is 1. The minimum absolute atomic E-state index is 0.148. The topological polar surface area (TPSA) is 43.8 Å². The third kappa shape index (κ3) is 5.45. The van der Waals surface area contributed by atoms with Gasteiger partial charge in [0.1, 0.15) is 17.4 Å². The van der Waals surface area contributed by atoms with Crippen LogP contribution in [0.4, 0.5) is 10.1 Å². The molecule has 0 saturated heterocycles. The number of aromatic nitrogens is 1. The number of hydrogen-bond donors (Lipinski definition) is 0. The van der Waals surface area contributed by atoms with Gasteiger partial charge in [0.15, 0.2) is 6.79 Å². The molecule has 29 heavy (non-hydrogen) atoms. The number of benzene rings is 2. The summed E-state index contributed by atoms with van der Waals surface area (Å²) in [4.78, 5) is 6.94. The van der Waals surface area contributed by atoms with E-state index < -0.39 is 6.67 Å². The van der Waals surface area contributed by atoms with Crippen LogP contribution in [0.5, 0.6) is 5.75 Å². The van der Waals surface area contributed by atoms with Gasteiger partial charge in [0, 0.05) is 32.0 Å². The fraction of sp³-hybridized carbons (Fsp3) is 0.381. The molecule has 156 valence electrons. The van der Waals surface area contributed by atoms with Crippen molar-refractivity contribution >= 4 is 43.2 Å². The Balaban J connectivity index is 1.82. The fourth-order valence-electron chi connectivity index (χ4n) is 2.95. The predicted octanol–water partition coefficient (Wildman–Crippen LogP) is 5.44. The van der Waals surface area contributed by atoms with Crippen molar-refractivity contribution in [3.8, 4) is 16.3 Å². The van der Waals surface area contributed by atoms with E-state index in [2.05, 4.69) is 39.9 Å². The summed E-state index contributed by atoms with van der Waals surface area (Å²) in [6.45, 7) is 3.17. The summed E-state index contributed by atoms with van der Waals surface area (Å²) in [7, 11) is 3.61. The molecule has 0 unspecified atom stereocenters. The molecule has 2 aromatic carbocycles. The molecule has 1 heterocycles. The van der Waals surface area contributed by atoms with Crippen molar-refractivity contribution in [1.29, 1.82) is 0 Å². The minimum Gasteiger partial charge on any atom is -0.466 e. The number of hydrogen-bond acceptors (Lipinski definition) is 6. The zero-order chi connectivity index (χ0) is 20.8. The largest absolute Gasteiger partial charge is 0.466 e. The number of likely N-dealkylation sites (N-methyl/N-ethyl adjacent to an activating group) is 1. The van der Waals surface area contributed by atoms with Crippen molar-refractivity contribution in [2.24, 2.45) is 0 Å². The van der Waals surface area contributed by atoms with E-state index in [1.807, 2.05) is 25.2 Å². The second-order valence-electron chi connectivity index (χ2n) is 6.54. The highest BCUT2D eigenvalue weighted by atomic mass is 79.9. The maximum absolute atomic E-state index is 12.2. The van der Waals surface area contributed by atoms with Crippen LogP contribution in [0.15, 0.2) is 34.8 Å². The second kappa shape index (κ2) is 10.3. The molecule has 3 rings (SSSR count). The van der Waals surface area contributed by atoms with E-state index in [4.69, 9.17) is 19.2 Å². The molecule has 0 radical (unpaired) electrons. The Bertz CT molecular complexity index is 966. The smallest absolute Gasteiger partial charge is 0.188 e. The van der Waals surface area contributed by atoms with Crippen LogP contribution in [0.3, 0.4) is 0 Å². The lowest BCUT2D eigenvalue weighted by Crippen LogP contribution is -2.23. The molecule has 0 saturated carbocycles. The minimum atomic E-state index is -0.450. The van der Waals surface area contributed by atoms with Crippen molar-refractivity contribution in [2.75, 3.05) is 52.3 Å². The first-order chi connectivity index (χ1) is 14.0. The van der Waals surface area contributed by atoms with E-state index in [0.717, 1.165) is 42.3 Å². The Kier molecular flexibility index (Phi) is 7.83. The highest BCUT2D eigenvalue weighted by Crippen LogP contribution is 2.37. The van der Waals surface area contributed by atoms with Crippen molar-refractivity contribution in [3.05, 3.63) is 40.4 Å². The van der Waals surface area contributed by atoms with Crippen LogP contribution in [-0.4, -0.2) is 52.4 Å². The van der Waals surface area contributed by atoms with Crippen LogP contribution in [0.2, 0.25) is 0 Å². The lowest BCUT2D eigenvalue weighted by molar-refractivity contribution is 0.0506. The number of alkyl halides is 1. The van der Waals surface area contributed by atoms with Gasteiger partial charge in [0.05, 0.1) is 27.9 Å². The standard InChI is InChI=1S/C21H24BrFN2O3S/c1-14-10-17-20(12-18(14)25(2)7-9-27-8-6-23)29-21(24-17)15-4-5-19(16(22)11-15)28-13-26-3/h4-5,10-12H,6-9,13H2,1-3H3. The molecular formula is C21H24BrFN2O3S. The van der Waals surface area contributed by atoms with Crippen molar-refractivity contribution in [1.82, 2.24) is 4.98 Å². The van der Waals surface area contributed by atoms with Crippen LogP contribution >= 0.6 is 27.3 Å². The van der Waals surface area contributed by atoms with Gasteiger partial charge < -0.3 is 19.1 Å². The molecule has 0 aliphatic heterocycles. The molecule has 0 aliphatic carbocycles. The van der Waals surface area contributed by atoms with E-state index in [1.54, 1.807) is 18.4 Å². The molecule has 5 nitrogen and oxygen atoms in total. The number of anilines is 1. The number of aryl methyl sites for hydroxylation is 1. The number of halogens is 2. The maximum atomic E-state index is 12.2. The predicted molar refractivity (Wildman–Crippen MR) is 120 cm³/mol. The first kappa shape index (κ1) is 22.0. The highest BCUT2D eigenvalue weighted by Gasteiger charge is 2.13. The molecule has 1 aromatic heterocycles. The molecular weight excluding hydrogens is 459 g/mol. The molecule has 0 N–H and O–H groups in total. The Morgan fingerprint density at radius 2 is 2.03 bits per heavy atom. The molecule has 0 bridgehead atoms. The molecule has 8 heteroatoms. The van der Waals surface area contributed by atoms with Crippen LogP contribution < -0.4 is 9.64 Å². The van der Waals surface area contributed by atoms with Crippen molar-refractivity contribution < 1.29 is 18.6 Å². The summed E-state index contributed by atoms with van der Waals surface area (Å²) >= 11 is 5.20. The van der Waals surface area contributed by atoms with Gasteiger partial charge in [-0.05, 0) is 58.7 Å². The monoisotopic (exact) mass is 482 g/mol. The van der Waals surface area contributed by atoms with E-state index in [1.165, 1.54) is 0 Å². The quantitative estimate of drug-likeness (QED) is 0.284. The molecule has 3 aromatic rings. The van der Waals surface area contributed by atoms with Crippen molar-refractivity contribution in [3.63, 3.8) is 0 Å². The summed E-state index contributed by atoms with van der Waals surface area (Å²) in [6.07, 6.45) is 0. The van der Waals surface area contributed by atoms with E-state index in [-0.39, 0.29) is 13.4 Å². The number of nitrogens with zero attached hydrogens (tertiary/aromatic N) is 2. The summed E-state index contributed by atoms with van der Waals surface area (Å²) < 4.78 is 29.9. The maximum Gasteiger partial charge on any atom is 0.188 e. The van der Waals surface area contributed by atoms with E-state index >= 15 is 0 Å². The second-order valence-corrected chi connectivity index (χ2v) is 8.43. The Hall–Kier alpha value is -1.74. The fourth-order valence-corrected chi connectivity index (χ4v) is 4.42. The Morgan fingerprint density at radius 1 is 1.21 bits per heavy atom. The number of thiazole rings is 1. The van der Waals surface area contributed by atoms with Crippen LogP contribution in [0, 0.1) is 6.92 Å². The molecule has 0 amide bonds. The average molecular weight is 483 g/mol. The van der Waals surface area contributed by atoms with Gasteiger partial charge in [-0.1, -0.05) is 0 Å². The Morgan fingerprint density at radius 3 is 2.76 bits per heavy atom. The van der Waals surface area contributed by atoms with Gasteiger partial charge in [-0.3, -0.25) is 0 Å². The lowest BCUT2D eigenvalue weighted by Gasteiger charge is -2.21. The Labute approximate surface area is 182 Å². The first-order valence-electron chi connectivity index (χ1n) is 9.21. The summed E-state index contributed by atoms with van der Waals surface area (Å²) in [5.41, 5.74) is 4.27. The number of ether oxygens (including phenoxy) is 3. The SMILES string of the molecule is COCOc1ccc(-c2nc3cc(C)c(N(C)CCOCCF)cc3s2)cc1Br. The third-order valence-corrected chi connectivity index (χ3v) is 6.11. The van der Waals surface area contributed by atoms with Crippen LogP contribution in [0.25, 0.3) is 20.8 Å². The third-order valence-electron chi connectivity index (χ3n) is 4.42. The van der Waals surface area contributed by atoms with Crippen LogP contribution in [-0.2, 0) is 9.47 Å². The number of rotatable bonds is 10. The molecule has 0 spiro atoms. The zero-order valence-corrected chi connectivity index (χ0v) is 19.1. The lowest BCUT2D eigenvalue weighted by atomic mass is 10.1. The summed E-state index contributed by atoms with van der Waals surface area (Å²) in [5, 5.41) is 0.949. The summed E-state index contributed by atoms with van der Waals surface area (Å²) in [6, 6.07) is 10.2. The normalized spacial score (nSPS) is 11.2. The number of methoxy groups -OCH3 is 1. The summed E-state index contributed by atoms with van der Waals surface area (Å²) in [5.74, 6) is 0.728. The highest BCUT2D eigenvalue weighted by molar-refractivity contribution is 9.10. The van der Waals surface area contributed by atoms with Gasteiger partial charge >= 0.3 is 0 Å². The van der Waals surface area contributed by atoms with E-state index in [9.17, 15) is 4.39 Å². The van der Waals surface area contributed by atoms with Gasteiger partial charge in [-0.15, -0.1) is 11.3 Å². The van der Waals surface area contributed by atoms with Crippen LogP contribution in [0.1, 0.15) is 5.56 Å². The van der Waals surface area contributed by atoms with Crippen molar-refractivity contribution in [2.45, 2.75) is 6.92 Å². The van der Waals surface area contributed by atoms with Gasteiger partial charge in [-0.25, -0.2) is 9.37 Å². The van der Waals surface area contributed by atoms with Gasteiger partial charge in [0.2, 0.25) is 0 Å². The first-order valence-corrected chi connectivity index (χ1v) is 10.8. The van der Waals surface area contributed by atoms with Gasteiger partial charge in [-0.2, -0.15) is 0 Å². The average Bonchev–Trinajstić information content (AvgIpc) is 3.12. The molecule has 0 fully saturated rings. The zero-order valence-electron chi connectivity index (χ0n) is 16.7. The molecule has 0 aliphatic rings. The van der Waals surface area contributed by atoms with Gasteiger partial charge in [0.25, 0.3) is 0 Å².